The van der Waals surface area contributed by atoms with E-state index in [-0.39, 0.29) is 21.4 Å². The maximum atomic E-state index is 12.1. The van der Waals surface area contributed by atoms with Crippen LogP contribution in [-0.4, -0.2) is 20.9 Å². The van der Waals surface area contributed by atoms with Gasteiger partial charge in [0.25, 0.3) is 5.91 Å². The van der Waals surface area contributed by atoms with Gasteiger partial charge in [-0.3, -0.25) is 4.79 Å². The number of sulfonamides is 1. The van der Waals surface area contributed by atoms with E-state index < -0.39 is 10.0 Å². The van der Waals surface area contributed by atoms with Crippen LogP contribution in [0.25, 0.3) is 0 Å². The molecule has 1 amide bonds. The Balaban J connectivity index is 2.99. The third-order valence-corrected chi connectivity index (χ3v) is 4.24. The van der Waals surface area contributed by atoms with Crippen molar-refractivity contribution in [3.05, 3.63) is 28.3 Å². The zero-order valence-electron chi connectivity index (χ0n) is 11.6. The van der Waals surface area contributed by atoms with Crippen molar-refractivity contribution in [1.29, 1.82) is 0 Å². The van der Waals surface area contributed by atoms with Gasteiger partial charge >= 0.3 is 0 Å². The van der Waals surface area contributed by atoms with Crippen molar-refractivity contribution in [2.24, 2.45) is 5.14 Å². The second-order valence-corrected chi connectivity index (χ2v) is 6.55. The number of nitrogens with one attached hydrogen (secondary N) is 1. The van der Waals surface area contributed by atoms with Crippen molar-refractivity contribution in [2.75, 3.05) is 6.54 Å². The zero-order chi connectivity index (χ0) is 15.3. The van der Waals surface area contributed by atoms with Crippen molar-refractivity contribution in [3.8, 4) is 0 Å². The number of hydrogen-bond donors (Lipinski definition) is 2. The van der Waals surface area contributed by atoms with E-state index in [1.54, 1.807) is 6.92 Å². The summed E-state index contributed by atoms with van der Waals surface area (Å²) < 4.78 is 22.7. The van der Waals surface area contributed by atoms with Crippen LogP contribution >= 0.6 is 11.6 Å². The molecule has 0 spiro atoms. The Kier molecular flexibility index (Phi) is 5.98. The summed E-state index contributed by atoms with van der Waals surface area (Å²) in [6.45, 7) is 4.28. The number of carbonyl (C=O) groups excluding carboxylic acids is 1. The Hall–Kier alpha value is -1.11. The van der Waals surface area contributed by atoms with Gasteiger partial charge in [-0.25, -0.2) is 13.6 Å². The van der Waals surface area contributed by atoms with E-state index in [1.807, 2.05) is 0 Å². The highest BCUT2D eigenvalue weighted by Gasteiger charge is 2.17. The first-order chi connectivity index (χ1) is 9.27. The second kappa shape index (κ2) is 7.06. The first-order valence-corrected chi connectivity index (χ1v) is 8.31. The highest BCUT2D eigenvalue weighted by atomic mass is 35.5. The molecule has 20 heavy (non-hydrogen) atoms. The highest BCUT2D eigenvalue weighted by Crippen LogP contribution is 2.23. The summed E-state index contributed by atoms with van der Waals surface area (Å²) in [5.41, 5.74) is 0.769. The Morgan fingerprint density at radius 2 is 2.00 bits per heavy atom. The van der Waals surface area contributed by atoms with Crippen molar-refractivity contribution in [2.45, 2.75) is 38.0 Å². The van der Waals surface area contributed by atoms with Crippen LogP contribution in [0.5, 0.6) is 0 Å². The van der Waals surface area contributed by atoms with Crippen molar-refractivity contribution in [3.63, 3.8) is 0 Å². The van der Waals surface area contributed by atoms with Gasteiger partial charge in [-0.1, -0.05) is 31.4 Å². The highest BCUT2D eigenvalue weighted by molar-refractivity contribution is 7.89. The molecule has 1 aromatic carbocycles. The van der Waals surface area contributed by atoms with E-state index in [4.69, 9.17) is 16.7 Å². The lowest BCUT2D eigenvalue weighted by atomic mass is 10.1. The molecular formula is C13H19ClN2O3S. The van der Waals surface area contributed by atoms with Crippen molar-refractivity contribution in [1.82, 2.24) is 5.32 Å². The molecule has 0 fully saturated rings. The quantitative estimate of drug-likeness (QED) is 0.788. The standard InChI is InChI=1S/C13H19ClN2O3S/c1-3-4-5-6-16-13(17)11-7-10(20(15,18)19)8-12(14)9(11)2/h7-8H,3-6H2,1-2H3,(H,16,17)(H2,15,18,19). The zero-order valence-corrected chi connectivity index (χ0v) is 13.1. The molecular weight excluding hydrogens is 300 g/mol. The smallest absolute Gasteiger partial charge is 0.251 e. The molecule has 5 nitrogen and oxygen atoms in total. The van der Waals surface area contributed by atoms with Gasteiger partial charge < -0.3 is 5.32 Å². The van der Waals surface area contributed by atoms with Gasteiger partial charge in [0.1, 0.15) is 0 Å². The molecule has 3 N–H and O–H groups in total. The molecule has 1 aromatic rings. The minimum Gasteiger partial charge on any atom is -0.352 e. The summed E-state index contributed by atoms with van der Waals surface area (Å²) in [4.78, 5) is 11.9. The predicted octanol–water partition coefficient (Wildman–Crippen LogP) is 2.22. The molecule has 0 saturated heterocycles. The van der Waals surface area contributed by atoms with E-state index >= 15 is 0 Å². The molecule has 0 aliphatic heterocycles. The lowest BCUT2D eigenvalue weighted by Crippen LogP contribution is -2.26. The number of amides is 1. The van der Waals surface area contributed by atoms with E-state index in [0.717, 1.165) is 19.3 Å². The monoisotopic (exact) mass is 318 g/mol. The predicted molar refractivity (Wildman–Crippen MR) is 79.4 cm³/mol. The first kappa shape index (κ1) is 16.9. The maximum Gasteiger partial charge on any atom is 0.251 e. The summed E-state index contributed by atoms with van der Waals surface area (Å²) in [5, 5.41) is 8.02. The average molecular weight is 319 g/mol. The van der Waals surface area contributed by atoms with Crippen LogP contribution in [0.3, 0.4) is 0 Å². The Morgan fingerprint density at radius 3 is 2.55 bits per heavy atom. The third kappa shape index (κ3) is 4.47. The van der Waals surface area contributed by atoms with Gasteiger partial charge in [-0.2, -0.15) is 0 Å². The number of halogens is 1. The van der Waals surface area contributed by atoms with Crippen LogP contribution in [-0.2, 0) is 10.0 Å². The van der Waals surface area contributed by atoms with Crippen molar-refractivity contribution >= 4 is 27.5 Å². The molecule has 0 aliphatic rings. The van der Waals surface area contributed by atoms with Gasteiger partial charge in [0.15, 0.2) is 0 Å². The van der Waals surface area contributed by atoms with Gasteiger partial charge in [0, 0.05) is 17.1 Å². The molecule has 0 aliphatic carbocycles. The van der Waals surface area contributed by atoms with Crippen LogP contribution in [0.2, 0.25) is 5.02 Å². The molecule has 0 atom stereocenters. The topological polar surface area (TPSA) is 89.3 Å². The van der Waals surface area contributed by atoms with Gasteiger partial charge in [-0.05, 0) is 31.0 Å². The van der Waals surface area contributed by atoms with Crippen LogP contribution in [0.15, 0.2) is 17.0 Å². The van der Waals surface area contributed by atoms with E-state index in [1.165, 1.54) is 12.1 Å². The molecule has 0 saturated carbocycles. The normalized spacial score (nSPS) is 11.4. The second-order valence-electron chi connectivity index (χ2n) is 4.59. The average Bonchev–Trinajstić information content (AvgIpc) is 2.36. The molecule has 1 rings (SSSR count). The fraction of sp³-hybridized carbons (Fsp3) is 0.462. The molecule has 0 bridgehead atoms. The minimum atomic E-state index is -3.89. The van der Waals surface area contributed by atoms with E-state index in [2.05, 4.69) is 12.2 Å². The summed E-state index contributed by atoms with van der Waals surface area (Å²) in [6.07, 6.45) is 2.96. The van der Waals surface area contributed by atoms with Crippen LogP contribution in [0.1, 0.15) is 42.1 Å². The molecule has 0 radical (unpaired) electrons. The molecule has 0 unspecified atom stereocenters. The van der Waals surface area contributed by atoms with Crippen LogP contribution < -0.4 is 10.5 Å². The van der Waals surface area contributed by atoms with Gasteiger partial charge in [0.2, 0.25) is 10.0 Å². The minimum absolute atomic E-state index is 0.160. The third-order valence-electron chi connectivity index (χ3n) is 2.96. The molecule has 112 valence electrons. The fourth-order valence-corrected chi connectivity index (χ4v) is 2.57. The van der Waals surface area contributed by atoms with E-state index in [0.29, 0.717) is 12.1 Å². The molecule has 0 aromatic heterocycles. The van der Waals surface area contributed by atoms with Crippen LogP contribution in [0, 0.1) is 6.92 Å². The number of rotatable bonds is 6. The van der Waals surface area contributed by atoms with Gasteiger partial charge in [0.05, 0.1) is 4.90 Å². The first-order valence-electron chi connectivity index (χ1n) is 6.38. The Labute approximate surface area is 124 Å². The number of hydrogen-bond acceptors (Lipinski definition) is 3. The Bertz CT molecular complexity index is 600. The van der Waals surface area contributed by atoms with Crippen LogP contribution in [0.4, 0.5) is 0 Å². The number of nitrogens with two attached hydrogens (primary N) is 1. The number of unbranched alkanes of at least 4 members (excludes halogenated alkanes) is 2. The number of carbonyl (C=O) groups is 1. The van der Waals surface area contributed by atoms with Crippen molar-refractivity contribution < 1.29 is 13.2 Å². The summed E-state index contributed by atoms with van der Waals surface area (Å²) >= 11 is 5.95. The molecule has 0 heterocycles. The lowest BCUT2D eigenvalue weighted by Gasteiger charge is -2.10. The SMILES string of the molecule is CCCCCNC(=O)c1cc(S(N)(=O)=O)cc(Cl)c1C. The van der Waals surface area contributed by atoms with Gasteiger partial charge in [-0.15, -0.1) is 0 Å². The number of primary sulfonamides is 1. The summed E-state index contributed by atoms with van der Waals surface area (Å²) in [6, 6.07) is 2.51. The Morgan fingerprint density at radius 1 is 1.35 bits per heavy atom. The molecule has 7 heteroatoms. The summed E-state index contributed by atoms with van der Waals surface area (Å²) in [7, 11) is -3.89. The lowest BCUT2D eigenvalue weighted by molar-refractivity contribution is 0.0952. The number of benzene rings is 1. The fourth-order valence-electron chi connectivity index (χ4n) is 1.73. The summed E-state index contributed by atoms with van der Waals surface area (Å²) in [5.74, 6) is -0.342. The van der Waals surface area contributed by atoms with E-state index in [9.17, 15) is 13.2 Å². The largest absolute Gasteiger partial charge is 0.352 e. The maximum absolute atomic E-state index is 12.1.